The van der Waals surface area contributed by atoms with Gasteiger partial charge < -0.3 is 0 Å². The smallest absolute Gasteiger partial charge is 0.0683 e. The molecule has 0 atom stereocenters. The highest BCUT2D eigenvalue weighted by molar-refractivity contribution is 4.22. The largest absolute Gasteiger partial charge is 0.106 e. The maximum atomic E-state index is 3.00. The van der Waals surface area contributed by atoms with Crippen LogP contribution in [0.15, 0.2) is 26.3 Å². The van der Waals surface area contributed by atoms with Gasteiger partial charge in [-0.3, -0.25) is 0 Å². The molecule has 0 N–H and O–H groups in total. The van der Waals surface area contributed by atoms with Gasteiger partial charge in [-0.25, -0.2) is 0 Å². The van der Waals surface area contributed by atoms with Gasteiger partial charge in [-0.1, -0.05) is 57.4 Å². The first kappa shape index (κ1) is 104. The molecule has 0 aliphatic heterocycles. The monoisotopic (exact) mass is 180 g/mol. The van der Waals surface area contributed by atoms with E-state index in [4.69, 9.17) is 0 Å². The molecule has 0 aromatic heterocycles. The molecule has 0 aromatic rings. The van der Waals surface area contributed by atoms with E-state index in [1.165, 1.54) is 0 Å². The Bertz CT molecular complexity index is 2.00. The number of hydrogen-bond donors (Lipinski definition) is 0. The van der Waals surface area contributed by atoms with Crippen LogP contribution in [0.5, 0.6) is 0 Å². The minimum atomic E-state index is 0. The zero-order chi connectivity index (χ0) is 8.00. The molecule has 0 aromatic carbocycles. The molecule has 0 fully saturated rings. The third-order valence-corrected chi connectivity index (χ3v) is 0. The summed E-state index contributed by atoms with van der Waals surface area (Å²) in [6.07, 6.45) is 0. The highest BCUT2D eigenvalue weighted by atomic mass is 13.0. The van der Waals surface area contributed by atoms with Crippen LogP contribution < -0.4 is 0 Å². The predicted octanol–water partition coefficient (Wildman–Crippen LogP) is 6.20. The summed E-state index contributed by atoms with van der Waals surface area (Å²) in [4.78, 5) is 0. The molecule has 0 heterocycles. The van der Waals surface area contributed by atoms with Gasteiger partial charge in [-0.05, 0) is 0 Å². The molecule has 0 radical (unpaired) electrons. The first-order valence-corrected chi connectivity index (χ1v) is 3.00. The molecule has 12 heavy (non-hydrogen) atoms. The van der Waals surface area contributed by atoms with Crippen molar-refractivity contribution in [1.29, 1.82) is 0 Å². The number of rotatable bonds is 0. The summed E-state index contributed by atoms with van der Waals surface area (Å²) < 4.78 is 0. The Morgan fingerprint density at radius 2 is 0.417 bits per heavy atom. The Kier molecular flexibility index (Phi) is 30200. The Labute approximate surface area is 84.4 Å². The summed E-state index contributed by atoms with van der Waals surface area (Å²) in [5.41, 5.74) is 0. The molecule has 0 unspecified atom stereocenters. The predicted molar refractivity (Wildman–Crippen MR) is 72.1 cm³/mol. The van der Waals surface area contributed by atoms with Crippen molar-refractivity contribution in [2.75, 3.05) is 0 Å². The van der Waals surface area contributed by atoms with Crippen molar-refractivity contribution in [2.45, 2.75) is 57.4 Å². The quantitative estimate of drug-likeness (QED) is 0.389. The minimum absolute atomic E-state index is 0. The van der Waals surface area contributed by atoms with Gasteiger partial charge in [0.2, 0.25) is 0 Å². The van der Waals surface area contributed by atoms with E-state index in [9.17, 15) is 0 Å². The molecule has 0 saturated carbocycles. The second kappa shape index (κ2) is 3480. The van der Waals surface area contributed by atoms with Crippen LogP contribution in [0.25, 0.3) is 0 Å². The van der Waals surface area contributed by atoms with Crippen molar-refractivity contribution in [2.24, 2.45) is 0 Å². The van der Waals surface area contributed by atoms with Crippen molar-refractivity contribution in [3.63, 3.8) is 0 Å². The molecular formula is C12H36. The van der Waals surface area contributed by atoms with E-state index >= 15 is 0 Å². The normalized spacial score (nSPS) is 1.67. The summed E-state index contributed by atoms with van der Waals surface area (Å²) in [7, 11) is 0. The zero-order valence-electron chi connectivity index (χ0n) is 6.83. The lowest BCUT2D eigenvalue weighted by Crippen LogP contribution is -0.856. The van der Waals surface area contributed by atoms with Gasteiger partial charge in [0, 0.05) is 0 Å². The van der Waals surface area contributed by atoms with Crippen LogP contribution in [-0.2, 0) is 0 Å². The van der Waals surface area contributed by atoms with Crippen molar-refractivity contribution < 1.29 is 0 Å². The molecule has 0 aliphatic rings. The molecule has 0 bridgehead atoms. The van der Waals surface area contributed by atoms with Gasteiger partial charge in [-0.15, -0.1) is 26.3 Å². The molecule has 0 nitrogen and oxygen atoms in total. The van der Waals surface area contributed by atoms with E-state index in [-0.39, 0.29) is 29.7 Å². The summed E-state index contributed by atoms with van der Waals surface area (Å²) >= 11 is 0. The molecule has 0 saturated heterocycles. The average Bonchev–Trinajstić information content (AvgIpc) is 2.03. The van der Waals surface area contributed by atoms with Crippen LogP contribution in [0.1, 0.15) is 57.4 Å². The van der Waals surface area contributed by atoms with E-state index in [1.807, 2.05) is 27.7 Å². The molecule has 84 valence electrons. The maximum absolute atomic E-state index is 3.00. The SMILES string of the molecule is C.C.C.C.C=C.C=C.CC.CC. The van der Waals surface area contributed by atoms with Gasteiger partial charge >= 0.3 is 0 Å². The van der Waals surface area contributed by atoms with Crippen molar-refractivity contribution in [3.05, 3.63) is 26.3 Å². The molecule has 0 spiro atoms. The fraction of sp³-hybridized carbons (Fsp3) is 0.667. The third-order valence-electron chi connectivity index (χ3n) is 0. The second-order valence-corrected chi connectivity index (χ2v) is 0. The van der Waals surface area contributed by atoms with Gasteiger partial charge in [0.25, 0.3) is 0 Å². The maximum Gasteiger partial charge on any atom is -0.0683 e. The molecule has 0 rings (SSSR count). The fourth-order valence-corrected chi connectivity index (χ4v) is 0. The zero-order valence-corrected chi connectivity index (χ0v) is 6.83. The Morgan fingerprint density at radius 1 is 0.417 bits per heavy atom. The average molecular weight is 180 g/mol. The van der Waals surface area contributed by atoms with Crippen LogP contribution in [0, 0.1) is 0 Å². The van der Waals surface area contributed by atoms with Gasteiger partial charge in [0.1, 0.15) is 0 Å². The van der Waals surface area contributed by atoms with Crippen molar-refractivity contribution >= 4 is 0 Å². The Hall–Kier alpha value is -0.520. The fourth-order valence-electron chi connectivity index (χ4n) is 0. The van der Waals surface area contributed by atoms with Crippen molar-refractivity contribution in [1.82, 2.24) is 0 Å². The van der Waals surface area contributed by atoms with Crippen LogP contribution in [0.4, 0.5) is 0 Å². The van der Waals surface area contributed by atoms with E-state index in [1.54, 1.807) is 0 Å². The van der Waals surface area contributed by atoms with Crippen molar-refractivity contribution in [3.8, 4) is 0 Å². The third kappa shape index (κ3) is 2520. The second-order valence-electron chi connectivity index (χ2n) is 0. The molecule has 0 aliphatic carbocycles. The van der Waals surface area contributed by atoms with Crippen LogP contribution in [-0.4, -0.2) is 0 Å². The van der Waals surface area contributed by atoms with E-state index in [0.717, 1.165) is 0 Å². The van der Waals surface area contributed by atoms with Gasteiger partial charge in [0.05, 0.1) is 0 Å². The Morgan fingerprint density at radius 3 is 0.417 bits per heavy atom. The highest BCUT2D eigenvalue weighted by Gasteiger charge is 0.934. The lowest BCUT2D eigenvalue weighted by molar-refractivity contribution is 1.50. The first-order chi connectivity index (χ1) is 4.00. The van der Waals surface area contributed by atoms with E-state index in [0.29, 0.717) is 0 Å². The lowest BCUT2D eigenvalue weighted by Gasteiger charge is -1.07. The Balaban J connectivity index is -0.00000000267. The summed E-state index contributed by atoms with van der Waals surface area (Å²) in [5, 5.41) is 0. The molecule has 0 amide bonds. The van der Waals surface area contributed by atoms with E-state index in [2.05, 4.69) is 26.3 Å². The van der Waals surface area contributed by atoms with Crippen LogP contribution in [0.3, 0.4) is 0 Å². The summed E-state index contributed by atoms with van der Waals surface area (Å²) in [6, 6.07) is 0. The van der Waals surface area contributed by atoms with Gasteiger partial charge in [-0.2, -0.15) is 0 Å². The minimum Gasteiger partial charge on any atom is -0.106 e. The number of hydrogen-bond acceptors (Lipinski definition) is 0. The lowest BCUT2D eigenvalue weighted by atomic mass is 11.0. The van der Waals surface area contributed by atoms with E-state index < -0.39 is 0 Å². The molecular weight excluding hydrogens is 144 g/mol. The standard InChI is InChI=1S/2C2H6.2C2H4.4CH4/c4*1-2;;;;/h2*1-2H3;2*1-2H2;4*1H4. The van der Waals surface area contributed by atoms with Crippen LogP contribution >= 0.6 is 0 Å². The highest BCUT2D eigenvalue weighted by Crippen LogP contribution is 1.15. The van der Waals surface area contributed by atoms with Gasteiger partial charge in [0.15, 0.2) is 0 Å². The molecule has 0 heteroatoms. The summed E-state index contributed by atoms with van der Waals surface area (Å²) in [5.74, 6) is 0. The topological polar surface area (TPSA) is 0 Å². The summed E-state index contributed by atoms with van der Waals surface area (Å²) in [6.45, 7) is 20.0. The van der Waals surface area contributed by atoms with Crippen LogP contribution in [0.2, 0.25) is 0 Å². The first-order valence-electron chi connectivity index (χ1n) is 3.00.